The van der Waals surface area contributed by atoms with Crippen LogP contribution in [0.15, 0.2) is 42.5 Å². The van der Waals surface area contributed by atoms with Crippen molar-refractivity contribution in [3.8, 4) is 0 Å². The molecule has 0 saturated heterocycles. The summed E-state index contributed by atoms with van der Waals surface area (Å²) in [6, 6.07) is 11.7. The fourth-order valence-electron chi connectivity index (χ4n) is 3.91. The third kappa shape index (κ3) is 8.11. The van der Waals surface area contributed by atoms with Crippen LogP contribution in [0.3, 0.4) is 0 Å². The quantitative estimate of drug-likeness (QED) is 0.458. The Kier molecular flexibility index (Phi) is 10.1. The van der Waals surface area contributed by atoms with Gasteiger partial charge in [0.15, 0.2) is 0 Å². The summed E-state index contributed by atoms with van der Waals surface area (Å²) in [5, 5.41) is 5.70. The Morgan fingerprint density at radius 3 is 2.08 bits per heavy atom. The number of carbonyl (C=O) groups excluding carboxylic acids is 3. The van der Waals surface area contributed by atoms with E-state index in [1.54, 1.807) is 32.6 Å². The Morgan fingerprint density at radius 1 is 0.972 bits per heavy atom. The summed E-state index contributed by atoms with van der Waals surface area (Å²) in [7, 11) is 0. The zero-order chi connectivity index (χ0) is 27.0. The van der Waals surface area contributed by atoms with Crippen LogP contribution in [0, 0.1) is 20.8 Å². The van der Waals surface area contributed by atoms with Gasteiger partial charge in [-0.2, -0.15) is 0 Å². The molecule has 0 bridgehead atoms. The zero-order valence-corrected chi connectivity index (χ0v) is 22.9. The summed E-state index contributed by atoms with van der Waals surface area (Å²) >= 11 is 0. The number of carbonyl (C=O) groups is 3. The van der Waals surface area contributed by atoms with Crippen LogP contribution in [0.1, 0.15) is 75.8 Å². The molecule has 0 aliphatic rings. The van der Waals surface area contributed by atoms with Crippen LogP contribution in [-0.2, 0) is 14.3 Å². The summed E-state index contributed by atoms with van der Waals surface area (Å²) in [6.45, 7) is 15.2. The lowest BCUT2D eigenvalue weighted by Gasteiger charge is -2.34. The number of alkyl carbamates (subject to hydrolysis) is 1. The van der Waals surface area contributed by atoms with Gasteiger partial charge in [0.2, 0.25) is 5.91 Å². The number of hydrogen-bond donors (Lipinski definition) is 2. The molecule has 0 aromatic heterocycles. The van der Waals surface area contributed by atoms with E-state index in [-0.39, 0.29) is 11.8 Å². The molecular formula is C29H41N3O4. The number of unbranched alkanes of at least 4 members (excludes halogenated alkanes) is 1. The number of nitrogens with zero attached hydrogens (tertiary/aromatic N) is 1. The largest absolute Gasteiger partial charge is 0.444 e. The number of anilines is 1. The van der Waals surface area contributed by atoms with Gasteiger partial charge in [-0.05, 0) is 71.6 Å². The second-order valence-corrected chi connectivity index (χ2v) is 10.3. The SMILES string of the molecule is CCCCN(C(=O)C(C)NC(=O)OC(C)(C)C)C(C(=O)Nc1c(C)cccc1C)c1ccc(C)cc1. The van der Waals surface area contributed by atoms with E-state index in [0.717, 1.165) is 28.8 Å². The molecule has 2 N–H and O–H groups in total. The Bertz CT molecular complexity index is 1040. The molecular weight excluding hydrogens is 454 g/mol. The normalized spacial score (nSPS) is 12.9. The van der Waals surface area contributed by atoms with Crippen molar-refractivity contribution in [2.75, 3.05) is 11.9 Å². The number of hydrogen-bond acceptors (Lipinski definition) is 4. The van der Waals surface area contributed by atoms with Gasteiger partial charge < -0.3 is 20.3 Å². The lowest BCUT2D eigenvalue weighted by Crippen LogP contribution is -2.51. The zero-order valence-electron chi connectivity index (χ0n) is 22.9. The number of ether oxygens (including phenoxy) is 1. The molecule has 3 amide bonds. The molecule has 0 radical (unpaired) electrons. The Hall–Kier alpha value is -3.35. The minimum atomic E-state index is -0.877. The minimum absolute atomic E-state index is 0.301. The van der Waals surface area contributed by atoms with E-state index in [1.165, 1.54) is 0 Å². The van der Waals surface area contributed by atoms with E-state index in [2.05, 4.69) is 10.6 Å². The molecule has 0 fully saturated rings. The molecule has 2 rings (SSSR count). The maximum Gasteiger partial charge on any atom is 0.408 e. The number of benzene rings is 2. The first-order valence-electron chi connectivity index (χ1n) is 12.6. The predicted molar refractivity (Wildman–Crippen MR) is 144 cm³/mol. The van der Waals surface area contributed by atoms with Crippen LogP contribution >= 0.6 is 0 Å². The molecule has 0 saturated carbocycles. The maximum absolute atomic E-state index is 13.8. The van der Waals surface area contributed by atoms with Crippen molar-refractivity contribution in [1.29, 1.82) is 0 Å². The molecule has 196 valence electrons. The second-order valence-electron chi connectivity index (χ2n) is 10.3. The van der Waals surface area contributed by atoms with Gasteiger partial charge in [0.25, 0.3) is 5.91 Å². The fourth-order valence-corrected chi connectivity index (χ4v) is 3.91. The third-order valence-electron chi connectivity index (χ3n) is 5.82. The van der Waals surface area contributed by atoms with Crippen molar-refractivity contribution in [2.45, 2.75) is 85.9 Å². The van der Waals surface area contributed by atoms with Gasteiger partial charge in [-0.25, -0.2) is 4.79 Å². The molecule has 2 unspecified atom stereocenters. The van der Waals surface area contributed by atoms with Gasteiger partial charge in [0, 0.05) is 12.2 Å². The van der Waals surface area contributed by atoms with E-state index >= 15 is 0 Å². The smallest absolute Gasteiger partial charge is 0.408 e. The Labute approximate surface area is 215 Å². The number of amides is 3. The van der Waals surface area contributed by atoms with Gasteiger partial charge in [-0.3, -0.25) is 9.59 Å². The van der Waals surface area contributed by atoms with E-state index in [1.807, 2.05) is 70.2 Å². The molecule has 0 spiro atoms. The topological polar surface area (TPSA) is 87.7 Å². The number of aryl methyl sites for hydroxylation is 3. The monoisotopic (exact) mass is 495 g/mol. The van der Waals surface area contributed by atoms with Crippen LogP contribution in [0.2, 0.25) is 0 Å². The first-order valence-corrected chi connectivity index (χ1v) is 12.6. The van der Waals surface area contributed by atoms with Gasteiger partial charge in [0.05, 0.1) is 0 Å². The van der Waals surface area contributed by atoms with E-state index in [0.29, 0.717) is 18.5 Å². The van der Waals surface area contributed by atoms with Gasteiger partial charge >= 0.3 is 6.09 Å². The van der Waals surface area contributed by atoms with Gasteiger partial charge in [0.1, 0.15) is 17.7 Å². The first kappa shape index (κ1) is 28.9. The minimum Gasteiger partial charge on any atom is -0.444 e. The molecule has 7 heteroatoms. The average molecular weight is 496 g/mol. The molecule has 0 aliphatic carbocycles. The van der Waals surface area contributed by atoms with E-state index < -0.39 is 23.8 Å². The molecule has 0 aliphatic heterocycles. The highest BCUT2D eigenvalue weighted by molar-refractivity contribution is 5.99. The van der Waals surface area contributed by atoms with Crippen molar-refractivity contribution in [3.05, 3.63) is 64.7 Å². The highest BCUT2D eigenvalue weighted by atomic mass is 16.6. The number of rotatable bonds is 9. The van der Waals surface area contributed by atoms with Crippen molar-refractivity contribution < 1.29 is 19.1 Å². The molecule has 0 heterocycles. The van der Waals surface area contributed by atoms with Gasteiger partial charge in [-0.1, -0.05) is 61.4 Å². The lowest BCUT2D eigenvalue weighted by molar-refractivity contribution is -0.140. The molecule has 2 aromatic rings. The average Bonchev–Trinajstić information content (AvgIpc) is 2.78. The van der Waals surface area contributed by atoms with Crippen molar-refractivity contribution in [3.63, 3.8) is 0 Å². The maximum atomic E-state index is 13.8. The summed E-state index contributed by atoms with van der Waals surface area (Å²) in [5.74, 6) is -0.651. The summed E-state index contributed by atoms with van der Waals surface area (Å²) in [4.78, 5) is 41.4. The molecule has 36 heavy (non-hydrogen) atoms. The molecule has 2 aromatic carbocycles. The Balaban J connectivity index is 2.45. The highest BCUT2D eigenvalue weighted by Crippen LogP contribution is 2.27. The lowest BCUT2D eigenvalue weighted by atomic mass is 10.0. The number of nitrogens with one attached hydrogen (secondary N) is 2. The van der Waals surface area contributed by atoms with Crippen LogP contribution in [0.25, 0.3) is 0 Å². The van der Waals surface area contributed by atoms with Crippen LogP contribution in [0.5, 0.6) is 0 Å². The fraction of sp³-hybridized carbons (Fsp3) is 0.483. The standard InChI is InChI=1S/C29H41N3O4/c1-9-10-18-32(27(34)22(5)30-28(35)36-29(6,7)8)25(23-16-14-19(2)15-17-23)26(33)31-24-20(3)12-11-13-21(24)4/h11-17,22,25H,9-10,18H2,1-8H3,(H,30,35)(H,31,33). The third-order valence-corrected chi connectivity index (χ3v) is 5.82. The summed E-state index contributed by atoms with van der Waals surface area (Å²) in [6.07, 6.45) is 0.881. The van der Waals surface area contributed by atoms with Crippen molar-refractivity contribution in [1.82, 2.24) is 10.2 Å². The van der Waals surface area contributed by atoms with Crippen LogP contribution < -0.4 is 10.6 Å². The number of para-hydroxylation sites is 1. The first-order chi connectivity index (χ1) is 16.8. The predicted octanol–water partition coefficient (Wildman–Crippen LogP) is 5.83. The molecule has 7 nitrogen and oxygen atoms in total. The van der Waals surface area contributed by atoms with Crippen molar-refractivity contribution in [2.24, 2.45) is 0 Å². The summed E-state index contributed by atoms with van der Waals surface area (Å²) < 4.78 is 5.33. The van der Waals surface area contributed by atoms with E-state index in [9.17, 15) is 14.4 Å². The van der Waals surface area contributed by atoms with Gasteiger partial charge in [-0.15, -0.1) is 0 Å². The van der Waals surface area contributed by atoms with Crippen LogP contribution in [-0.4, -0.2) is 41.0 Å². The van der Waals surface area contributed by atoms with Crippen molar-refractivity contribution >= 4 is 23.6 Å². The van der Waals surface area contributed by atoms with E-state index in [4.69, 9.17) is 4.74 Å². The van der Waals surface area contributed by atoms with Crippen LogP contribution in [0.4, 0.5) is 10.5 Å². The second kappa shape index (κ2) is 12.6. The molecule has 2 atom stereocenters. The Morgan fingerprint density at radius 2 is 1.56 bits per heavy atom. The summed E-state index contributed by atoms with van der Waals surface area (Å²) in [5.41, 5.74) is 3.69. The highest BCUT2D eigenvalue weighted by Gasteiger charge is 2.34.